The number of nitrogens with one attached hydrogen (secondary N) is 1. The summed E-state index contributed by atoms with van der Waals surface area (Å²) in [6.45, 7) is 0.742. The lowest BCUT2D eigenvalue weighted by molar-refractivity contribution is 0.0727. The number of pyridine rings is 1. The van der Waals surface area contributed by atoms with Crippen LogP contribution in [-0.2, 0) is 10.0 Å². The van der Waals surface area contributed by atoms with Crippen molar-refractivity contribution in [3.05, 3.63) is 66.7 Å². The van der Waals surface area contributed by atoms with Gasteiger partial charge in [0, 0.05) is 30.5 Å². The van der Waals surface area contributed by atoms with Crippen molar-refractivity contribution in [1.82, 2.24) is 14.3 Å². The monoisotopic (exact) mass is 384 g/mol. The Morgan fingerprint density at radius 2 is 2.00 bits per heavy atom. The number of aromatic nitrogens is 2. The number of hydrogen-bond acceptors (Lipinski definition) is 4. The molecule has 140 valence electrons. The van der Waals surface area contributed by atoms with Crippen LogP contribution in [0.15, 0.2) is 61.2 Å². The summed E-state index contributed by atoms with van der Waals surface area (Å²) < 4.78 is 29.9. The maximum Gasteiger partial charge on any atom is 0.254 e. The van der Waals surface area contributed by atoms with Gasteiger partial charge in [0.15, 0.2) is 0 Å². The van der Waals surface area contributed by atoms with Crippen molar-refractivity contribution in [2.24, 2.45) is 0 Å². The summed E-state index contributed by atoms with van der Waals surface area (Å²) in [5.41, 5.74) is 1.90. The van der Waals surface area contributed by atoms with E-state index in [0.717, 1.165) is 5.52 Å². The molecule has 1 saturated heterocycles. The minimum absolute atomic E-state index is 0.154. The number of imidazole rings is 1. The number of hydrogen-bond donors (Lipinski definition) is 1. The minimum Gasteiger partial charge on any atom is -0.337 e. The van der Waals surface area contributed by atoms with Crippen LogP contribution >= 0.6 is 0 Å². The maximum atomic E-state index is 12.9. The lowest BCUT2D eigenvalue weighted by Gasteiger charge is -2.32. The molecule has 1 amide bonds. The van der Waals surface area contributed by atoms with Crippen molar-refractivity contribution in [1.29, 1.82) is 0 Å². The van der Waals surface area contributed by atoms with Crippen LogP contribution in [0.4, 0.5) is 5.69 Å². The molecule has 0 aliphatic carbocycles. The Labute approximate surface area is 157 Å². The first-order valence-corrected chi connectivity index (χ1v) is 10.4. The molecule has 4 rings (SSSR count). The molecule has 1 atom stereocenters. The van der Waals surface area contributed by atoms with Gasteiger partial charge in [-0.05, 0) is 37.1 Å². The molecule has 1 aliphatic heterocycles. The summed E-state index contributed by atoms with van der Waals surface area (Å²) in [5, 5.41) is -0.630. The number of rotatable bonds is 4. The predicted octanol–water partition coefficient (Wildman–Crippen LogP) is 2.38. The van der Waals surface area contributed by atoms with Crippen molar-refractivity contribution in [2.45, 2.75) is 18.1 Å². The highest BCUT2D eigenvalue weighted by Crippen LogP contribution is 2.21. The molecule has 0 unspecified atom stereocenters. The third-order valence-electron chi connectivity index (χ3n) is 4.80. The van der Waals surface area contributed by atoms with E-state index >= 15 is 0 Å². The number of piperidine rings is 1. The third-order valence-corrected chi connectivity index (χ3v) is 6.58. The zero-order valence-corrected chi connectivity index (χ0v) is 15.5. The number of carbonyl (C=O) groups is 1. The van der Waals surface area contributed by atoms with E-state index in [1.165, 1.54) is 0 Å². The number of sulfonamides is 1. The number of fused-ring (bicyclic) bond motifs is 1. The van der Waals surface area contributed by atoms with Crippen LogP contribution in [0.5, 0.6) is 0 Å². The van der Waals surface area contributed by atoms with Gasteiger partial charge in [-0.15, -0.1) is 0 Å². The van der Waals surface area contributed by atoms with Crippen molar-refractivity contribution in [3.63, 3.8) is 0 Å². The van der Waals surface area contributed by atoms with Crippen LogP contribution in [0.1, 0.15) is 23.2 Å². The molecule has 27 heavy (non-hydrogen) atoms. The van der Waals surface area contributed by atoms with Crippen LogP contribution in [0.2, 0.25) is 0 Å². The summed E-state index contributed by atoms with van der Waals surface area (Å²) in [4.78, 5) is 18.6. The zero-order valence-electron chi connectivity index (χ0n) is 14.7. The fraction of sp³-hybridized carbons (Fsp3) is 0.263. The minimum atomic E-state index is -3.57. The number of benzene rings is 1. The SMILES string of the molecule is O=C(c1ccn2cncc2c1)N1CCC[C@@H](S(=O)(=O)Nc2ccccc2)C1. The highest BCUT2D eigenvalue weighted by Gasteiger charge is 2.33. The molecule has 8 heteroatoms. The van der Waals surface area contributed by atoms with Gasteiger partial charge < -0.3 is 9.30 Å². The molecular weight excluding hydrogens is 364 g/mol. The Bertz CT molecular complexity index is 1060. The Kier molecular flexibility index (Phi) is 4.57. The van der Waals surface area contributed by atoms with Crippen molar-refractivity contribution < 1.29 is 13.2 Å². The number of likely N-dealkylation sites (tertiary alicyclic amines) is 1. The standard InChI is InChI=1S/C19H20N4O3S/c24-19(15-8-10-23-14-20-12-17(23)11-15)22-9-4-7-18(13-22)27(25,26)21-16-5-2-1-3-6-16/h1-3,5-6,8,10-12,14,18,21H,4,7,9,13H2/t18-/m1/s1. The van der Waals surface area contributed by atoms with Gasteiger partial charge in [0.1, 0.15) is 0 Å². The Morgan fingerprint density at radius 3 is 2.81 bits per heavy atom. The average molecular weight is 384 g/mol. The predicted molar refractivity (Wildman–Crippen MR) is 103 cm³/mol. The second kappa shape index (κ2) is 7.03. The molecule has 3 aromatic rings. The molecule has 0 spiro atoms. The molecule has 2 aromatic heterocycles. The first kappa shape index (κ1) is 17.5. The van der Waals surface area contributed by atoms with Crippen molar-refractivity contribution in [3.8, 4) is 0 Å². The first-order chi connectivity index (χ1) is 13.0. The largest absolute Gasteiger partial charge is 0.337 e. The topological polar surface area (TPSA) is 83.8 Å². The fourth-order valence-electron chi connectivity index (χ4n) is 3.36. The Balaban J connectivity index is 1.50. The van der Waals surface area contributed by atoms with Crippen LogP contribution in [0, 0.1) is 0 Å². The second-order valence-electron chi connectivity index (χ2n) is 6.67. The van der Waals surface area contributed by atoms with Crippen LogP contribution in [0.25, 0.3) is 5.52 Å². The molecule has 7 nitrogen and oxygen atoms in total. The number of carbonyl (C=O) groups excluding carboxylic acids is 1. The lowest BCUT2D eigenvalue weighted by Crippen LogP contribution is -2.46. The molecule has 1 aliphatic rings. The van der Waals surface area contributed by atoms with Gasteiger partial charge in [-0.2, -0.15) is 0 Å². The molecule has 3 heterocycles. The Morgan fingerprint density at radius 1 is 1.19 bits per heavy atom. The molecule has 1 N–H and O–H groups in total. The van der Waals surface area contributed by atoms with Crippen LogP contribution < -0.4 is 4.72 Å². The van der Waals surface area contributed by atoms with E-state index in [1.54, 1.807) is 60.0 Å². The molecular formula is C19H20N4O3S. The summed E-state index contributed by atoms with van der Waals surface area (Å²) in [5.74, 6) is -0.154. The average Bonchev–Trinajstić information content (AvgIpc) is 3.16. The fourth-order valence-corrected chi connectivity index (χ4v) is 4.85. The highest BCUT2D eigenvalue weighted by molar-refractivity contribution is 7.93. The lowest BCUT2D eigenvalue weighted by atomic mass is 10.1. The highest BCUT2D eigenvalue weighted by atomic mass is 32.2. The van der Waals surface area contributed by atoms with Crippen molar-refractivity contribution in [2.75, 3.05) is 17.8 Å². The van der Waals surface area contributed by atoms with Gasteiger partial charge in [0.2, 0.25) is 10.0 Å². The summed E-state index contributed by atoms with van der Waals surface area (Å²) in [7, 11) is -3.57. The molecule has 1 fully saturated rings. The van der Waals surface area contributed by atoms with Crippen LogP contribution in [0.3, 0.4) is 0 Å². The van der Waals surface area contributed by atoms with Gasteiger partial charge in [0.05, 0.1) is 23.3 Å². The molecule has 0 bridgehead atoms. The van der Waals surface area contributed by atoms with E-state index < -0.39 is 15.3 Å². The molecule has 0 radical (unpaired) electrons. The number of para-hydroxylation sites is 1. The quantitative estimate of drug-likeness (QED) is 0.749. The Hall–Kier alpha value is -2.87. The number of anilines is 1. The first-order valence-electron chi connectivity index (χ1n) is 8.80. The van der Waals surface area contributed by atoms with Crippen LogP contribution in [-0.4, -0.2) is 46.9 Å². The molecule has 1 aromatic carbocycles. The van der Waals surface area contributed by atoms with E-state index in [4.69, 9.17) is 0 Å². The summed E-state index contributed by atoms with van der Waals surface area (Å²) in [6.07, 6.45) is 6.33. The van der Waals surface area contributed by atoms with Gasteiger partial charge in [-0.1, -0.05) is 18.2 Å². The van der Waals surface area contributed by atoms with E-state index in [0.29, 0.717) is 30.6 Å². The smallest absolute Gasteiger partial charge is 0.254 e. The normalized spacial score (nSPS) is 17.8. The van der Waals surface area contributed by atoms with Gasteiger partial charge in [-0.25, -0.2) is 13.4 Å². The third kappa shape index (κ3) is 3.66. The van der Waals surface area contributed by atoms with E-state index in [2.05, 4.69) is 9.71 Å². The van der Waals surface area contributed by atoms with E-state index in [1.807, 2.05) is 10.5 Å². The maximum absolute atomic E-state index is 12.9. The number of amides is 1. The molecule has 0 saturated carbocycles. The second-order valence-corrected chi connectivity index (χ2v) is 8.63. The summed E-state index contributed by atoms with van der Waals surface area (Å²) in [6, 6.07) is 12.3. The van der Waals surface area contributed by atoms with E-state index in [9.17, 15) is 13.2 Å². The van der Waals surface area contributed by atoms with Gasteiger partial charge in [0.25, 0.3) is 5.91 Å². The summed E-state index contributed by atoms with van der Waals surface area (Å²) >= 11 is 0. The van der Waals surface area contributed by atoms with Crippen molar-refractivity contribution >= 4 is 27.1 Å². The number of nitrogens with zero attached hydrogens (tertiary/aromatic N) is 3. The van der Waals surface area contributed by atoms with Gasteiger partial charge in [-0.3, -0.25) is 9.52 Å². The van der Waals surface area contributed by atoms with Gasteiger partial charge >= 0.3 is 0 Å². The zero-order chi connectivity index (χ0) is 18.9. The van der Waals surface area contributed by atoms with E-state index in [-0.39, 0.29) is 12.5 Å².